The van der Waals surface area contributed by atoms with Crippen molar-refractivity contribution in [2.45, 2.75) is 27.7 Å². The lowest BCUT2D eigenvalue weighted by molar-refractivity contribution is -0.00314. The molecule has 4 nitrogen and oxygen atoms in total. The zero-order valence-corrected chi connectivity index (χ0v) is 14.5. The van der Waals surface area contributed by atoms with Gasteiger partial charge >= 0.3 is 0 Å². The third-order valence-electron chi connectivity index (χ3n) is 1.79. The van der Waals surface area contributed by atoms with Gasteiger partial charge in [-0.3, -0.25) is 0 Å². The minimum absolute atomic E-state index is 0.581. The van der Waals surface area contributed by atoms with Gasteiger partial charge in [0.15, 0.2) is 0 Å². The average molecular weight is 343 g/mol. The van der Waals surface area contributed by atoms with Gasteiger partial charge in [0.25, 0.3) is 0 Å². The second kappa shape index (κ2) is 20.6. The molecule has 0 aliphatic heterocycles. The highest BCUT2D eigenvalue weighted by atomic mass is 79.9. The van der Waals surface area contributed by atoms with E-state index in [1.807, 2.05) is 13.8 Å². The molecule has 0 aromatic rings. The minimum atomic E-state index is 0.581. The maximum atomic E-state index is 5.38. The molecule has 0 fully saturated rings. The molecular formula is C14H31BrO4. The summed E-state index contributed by atoms with van der Waals surface area (Å²) in [5.74, 6) is 0.581. The molecule has 0 N–H and O–H groups in total. The summed E-state index contributed by atoms with van der Waals surface area (Å²) in [6.07, 6.45) is 0. The van der Waals surface area contributed by atoms with Crippen LogP contribution in [0.15, 0.2) is 0 Å². The van der Waals surface area contributed by atoms with Crippen LogP contribution in [0.4, 0.5) is 0 Å². The molecular weight excluding hydrogens is 312 g/mol. The first-order valence-electron chi connectivity index (χ1n) is 7.14. The molecule has 0 aliphatic rings. The molecule has 118 valence electrons. The highest BCUT2D eigenvalue weighted by Crippen LogP contribution is 1.91. The summed E-state index contributed by atoms with van der Waals surface area (Å²) in [7, 11) is 0. The zero-order chi connectivity index (χ0) is 14.8. The SMILES string of the molecule is CC.CC(C)COCCOCCOCCOCCBr. The first kappa shape index (κ1) is 21.6. The van der Waals surface area contributed by atoms with Crippen molar-refractivity contribution < 1.29 is 18.9 Å². The Bertz CT molecular complexity index is 145. The monoisotopic (exact) mass is 342 g/mol. The maximum Gasteiger partial charge on any atom is 0.0701 e. The molecule has 0 saturated heterocycles. The van der Waals surface area contributed by atoms with Crippen molar-refractivity contribution in [3.63, 3.8) is 0 Å². The third kappa shape index (κ3) is 23.8. The summed E-state index contributed by atoms with van der Waals surface area (Å²) in [6, 6.07) is 0. The van der Waals surface area contributed by atoms with E-state index in [2.05, 4.69) is 29.8 Å². The summed E-state index contributed by atoms with van der Waals surface area (Å²) >= 11 is 3.28. The minimum Gasteiger partial charge on any atom is -0.379 e. The van der Waals surface area contributed by atoms with Crippen LogP contribution in [0.5, 0.6) is 0 Å². The van der Waals surface area contributed by atoms with Crippen LogP contribution in [0.2, 0.25) is 0 Å². The van der Waals surface area contributed by atoms with Crippen molar-refractivity contribution in [3.05, 3.63) is 0 Å². The van der Waals surface area contributed by atoms with Crippen LogP contribution in [0.3, 0.4) is 0 Å². The Labute approximate surface area is 127 Å². The Kier molecular flexibility index (Phi) is 23.5. The highest BCUT2D eigenvalue weighted by Gasteiger charge is 1.94. The fourth-order valence-electron chi connectivity index (χ4n) is 1.03. The van der Waals surface area contributed by atoms with E-state index >= 15 is 0 Å². The van der Waals surface area contributed by atoms with E-state index < -0.39 is 0 Å². The van der Waals surface area contributed by atoms with Gasteiger partial charge < -0.3 is 18.9 Å². The second-order valence-corrected chi connectivity index (χ2v) is 4.79. The molecule has 5 heteroatoms. The van der Waals surface area contributed by atoms with Crippen LogP contribution in [-0.2, 0) is 18.9 Å². The first-order chi connectivity index (χ1) is 9.27. The van der Waals surface area contributed by atoms with E-state index in [9.17, 15) is 0 Å². The van der Waals surface area contributed by atoms with E-state index in [1.165, 1.54) is 0 Å². The lowest BCUT2D eigenvalue weighted by Gasteiger charge is -2.08. The first-order valence-corrected chi connectivity index (χ1v) is 8.26. The number of hydrogen-bond donors (Lipinski definition) is 0. The second-order valence-electron chi connectivity index (χ2n) is 3.99. The number of rotatable bonds is 13. The predicted molar refractivity (Wildman–Crippen MR) is 83.3 cm³/mol. The van der Waals surface area contributed by atoms with Crippen molar-refractivity contribution in [1.29, 1.82) is 0 Å². The quantitative estimate of drug-likeness (QED) is 0.380. The third-order valence-corrected chi connectivity index (χ3v) is 2.11. The smallest absolute Gasteiger partial charge is 0.0701 e. The molecule has 0 radical (unpaired) electrons. The normalized spacial score (nSPS) is 10.4. The van der Waals surface area contributed by atoms with Gasteiger partial charge in [-0.05, 0) is 5.92 Å². The molecule has 0 bridgehead atoms. The Balaban J connectivity index is 0. The van der Waals surface area contributed by atoms with Crippen LogP contribution in [0.1, 0.15) is 27.7 Å². The molecule has 0 rings (SSSR count). The largest absolute Gasteiger partial charge is 0.379 e. The molecule has 0 atom stereocenters. The van der Waals surface area contributed by atoms with Crippen LogP contribution in [0, 0.1) is 5.92 Å². The molecule has 0 amide bonds. The molecule has 0 saturated carbocycles. The molecule has 19 heavy (non-hydrogen) atoms. The molecule has 0 heterocycles. The van der Waals surface area contributed by atoms with Crippen LogP contribution in [0.25, 0.3) is 0 Å². The standard InChI is InChI=1S/C12H25BrO4.C2H6/c1-12(2)11-17-10-9-16-8-7-15-6-5-14-4-3-13;1-2/h12H,3-11H2,1-2H3;1-2H3. The summed E-state index contributed by atoms with van der Waals surface area (Å²) < 4.78 is 21.3. The average Bonchev–Trinajstić information content (AvgIpc) is 2.42. The van der Waals surface area contributed by atoms with Crippen molar-refractivity contribution >= 4 is 15.9 Å². The van der Waals surface area contributed by atoms with Crippen LogP contribution >= 0.6 is 15.9 Å². The summed E-state index contributed by atoms with van der Waals surface area (Å²) in [4.78, 5) is 0. The molecule has 0 spiro atoms. The molecule has 0 aromatic carbocycles. The van der Waals surface area contributed by atoms with Gasteiger partial charge in [-0.15, -0.1) is 0 Å². The van der Waals surface area contributed by atoms with E-state index in [0.29, 0.717) is 45.6 Å². The Morgan fingerprint density at radius 1 is 0.684 bits per heavy atom. The van der Waals surface area contributed by atoms with E-state index in [1.54, 1.807) is 0 Å². The van der Waals surface area contributed by atoms with Crippen molar-refractivity contribution in [3.8, 4) is 0 Å². The lowest BCUT2D eigenvalue weighted by Crippen LogP contribution is -2.13. The van der Waals surface area contributed by atoms with Gasteiger partial charge in [-0.1, -0.05) is 43.6 Å². The van der Waals surface area contributed by atoms with Crippen LogP contribution < -0.4 is 0 Å². The molecule has 0 unspecified atom stereocenters. The van der Waals surface area contributed by atoms with E-state index in [0.717, 1.165) is 18.5 Å². The Morgan fingerprint density at radius 2 is 1.05 bits per heavy atom. The fraction of sp³-hybridized carbons (Fsp3) is 1.00. The van der Waals surface area contributed by atoms with Crippen molar-refractivity contribution in [1.82, 2.24) is 0 Å². The van der Waals surface area contributed by atoms with Crippen molar-refractivity contribution in [2.75, 3.05) is 58.2 Å². The lowest BCUT2D eigenvalue weighted by atomic mass is 10.2. The van der Waals surface area contributed by atoms with E-state index in [-0.39, 0.29) is 0 Å². The number of alkyl halides is 1. The highest BCUT2D eigenvalue weighted by molar-refractivity contribution is 9.09. The zero-order valence-electron chi connectivity index (χ0n) is 13.0. The summed E-state index contributed by atoms with van der Waals surface area (Å²) in [5, 5.41) is 0.868. The van der Waals surface area contributed by atoms with Crippen LogP contribution in [-0.4, -0.2) is 58.2 Å². The van der Waals surface area contributed by atoms with Crippen molar-refractivity contribution in [2.24, 2.45) is 5.92 Å². The molecule has 0 aliphatic carbocycles. The topological polar surface area (TPSA) is 36.9 Å². The Hall–Kier alpha value is 0.320. The fourth-order valence-corrected chi connectivity index (χ4v) is 1.26. The van der Waals surface area contributed by atoms with Gasteiger partial charge in [0.2, 0.25) is 0 Å². The predicted octanol–water partition coefficient (Wildman–Crippen LogP) is 3.13. The summed E-state index contributed by atoms with van der Waals surface area (Å²) in [5.41, 5.74) is 0. The number of ether oxygens (including phenoxy) is 4. The number of hydrogen-bond acceptors (Lipinski definition) is 4. The van der Waals surface area contributed by atoms with Gasteiger partial charge in [-0.2, -0.15) is 0 Å². The van der Waals surface area contributed by atoms with Gasteiger partial charge in [0.05, 0.1) is 46.2 Å². The summed E-state index contributed by atoms with van der Waals surface area (Å²) in [6.45, 7) is 13.6. The van der Waals surface area contributed by atoms with E-state index in [4.69, 9.17) is 18.9 Å². The van der Waals surface area contributed by atoms with Gasteiger partial charge in [0.1, 0.15) is 0 Å². The number of halogens is 1. The van der Waals surface area contributed by atoms with Gasteiger partial charge in [0, 0.05) is 11.9 Å². The Morgan fingerprint density at radius 3 is 1.42 bits per heavy atom. The molecule has 0 aromatic heterocycles. The van der Waals surface area contributed by atoms with Gasteiger partial charge in [-0.25, -0.2) is 0 Å². The maximum absolute atomic E-state index is 5.38.